The van der Waals surface area contributed by atoms with Crippen LogP contribution in [0.25, 0.3) is 0 Å². The highest BCUT2D eigenvalue weighted by atomic mass is 19.1. The van der Waals surface area contributed by atoms with Crippen molar-refractivity contribution in [3.63, 3.8) is 0 Å². The van der Waals surface area contributed by atoms with Gasteiger partial charge in [-0.1, -0.05) is 0 Å². The maximum Gasteiger partial charge on any atom is 0.319 e. The van der Waals surface area contributed by atoms with Crippen molar-refractivity contribution in [2.45, 2.75) is 26.4 Å². The number of ether oxygens (including phenoxy) is 1. The molecule has 2 N–H and O–H groups in total. The first kappa shape index (κ1) is 15.8. The summed E-state index contributed by atoms with van der Waals surface area (Å²) in [6.45, 7) is 4.43. The van der Waals surface area contributed by atoms with Crippen molar-refractivity contribution in [3.05, 3.63) is 42.0 Å². The summed E-state index contributed by atoms with van der Waals surface area (Å²) in [4.78, 5) is 12.0. The summed E-state index contributed by atoms with van der Waals surface area (Å²) in [7, 11) is 1.50. The molecule has 0 aliphatic carbocycles. The van der Waals surface area contributed by atoms with Gasteiger partial charge in [0, 0.05) is 18.3 Å². The summed E-state index contributed by atoms with van der Waals surface area (Å²) >= 11 is 0. The fourth-order valence-electron chi connectivity index (χ4n) is 2.09. The van der Waals surface area contributed by atoms with Crippen LogP contribution in [0.15, 0.2) is 30.6 Å². The van der Waals surface area contributed by atoms with Gasteiger partial charge in [0.25, 0.3) is 0 Å². The number of benzene rings is 1. The van der Waals surface area contributed by atoms with E-state index in [1.807, 2.05) is 6.92 Å². The van der Waals surface area contributed by atoms with E-state index >= 15 is 0 Å². The monoisotopic (exact) mass is 306 g/mol. The Morgan fingerprint density at radius 2 is 2.27 bits per heavy atom. The minimum absolute atomic E-state index is 0.380. The number of rotatable bonds is 5. The average Bonchev–Trinajstić information content (AvgIpc) is 2.94. The number of aromatic nitrogens is 2. The fraction of sp³-hybridized carbons (Fsp3) is 0.333. The smallest absolute Gasteiger partial charge is 0.319 e. The van der Waals surface area contributed by atoms with Crippen LogP contribution >= 0.6 is 0 Å². The molecular weight excluding hydrogens is 287 g/mol. The Hall–Kier alpha value is -2.57. The molecule has 118 valence electrons. The fourth-order valence-corrected chi connectivity index (χ4v) is 2.09. The lowest BCUT2D eigenvalue weighted by Crippen LogP contribution is -2.31. The zero-order valence-electron chi connectivity index (χ0n) is 12.8. The molecule has 0 bridgehead atoms. The minimum Gasteiger partial charge on any atom is -0.496 e. The molecule has 6 nitrogen and oxygen atoms in total. The van der Waals surface area contributed by atoms with Crippen molar-refractivity contribution in [2.24, 2.45) is 0 Å². The number of urea groups is 1. The van der Waals surface area contributed by atoms with E-state index in [4.69, 9.17) is 4.74 Å². The molecule has 0 spiro atoms. The molecule has 0 radical (unpaired) electrons. The molecule has 1 aromatic heterocycles. The van der Waals surface area contributed by atoms with Gasteiger partial charge in [0.05, 0.1) is 25.0 Å². The Morgan fingerprint density at radius 3 is 2.91 bits per heavy atom. The second-order valence-electron chi connectivity index (χ2n) is 4.79. The van der Waals surface area contributed by atoms with Crippen LogP contribution in [0.1, 0.15) is 25.5 Å². The molecule has 2 aromatic rings. The summed E-state index contributed by atoms with van der Waals surface area (Å²) in [6.07, 6.45) is 3.30. The summed E-state index contributed by atoms with van der Waals surface area (Å²) in [5.74, 6) is 0.141. The maximum absolute atomic E-state index is 13.4. The van der Waals surface area contributed by atoms with E-state index in [2.05, 4.69) is 15.7 Å². The highest BCUT2D eigenvalue weighted by Gasteiger charge is 2.15. The Labute approximate surface area is 128 Å². The number of hydrogen-bond acceptors (Lipinski definition) is 3. The molecule has 7 heteroatoms. The van der Waals surface area contributed by atoms with Crippen LogP contribution in [0.4, 0.5) is 14.9 Å². The molecule has 1 atom stereocenters. The number of amides is 2. The number of carbonyl (C=O) groups is 1. The molecule has 0 aliphatic heterocycles. The van der Waals surface area contributed by atoms with Gasteiger partial charge in [0.1, 0.15) is 11.6 Å². The molecule has 0 saturated carbocycles. The van der Waals surface area contributed by atoms with Crippen LogP contribution in [-0.2, 0) is 6.54 Å². The number of hydrogen-bond donors (Lipinski definition) is 2. The third kappa shape index (κ3) is 3.75. The third-order valence-corrected chi connectivity index (χ3v) is 3.22. The standard InChI is InChI=1S/C15H19FN4O2/c1-4-20-9-12(8-17-20)19-15(21)18-10(2)13-7-11(16)5-6-14(13)22-3/h5-10H,4H2,1-3H3,(H2,18,19,21). The Balaban J connectivity index is 2.03. The molecular formula is C15H19FN4O2. The topological polar surface area (TPSA) is 68.2 Å². The summed E-state index contributed by atoms with van der Waals surface area (Å²) in [5, 5.41) is 9.49. The Morgan fingerprint density at radius 1 is 1.50 bits per heavy atom. The van der Waals surface area contributed by atoms with Gasteiger partial charge in [0.2, 0.25) is 0 Å². The van der Waals surface area contributed by atoms with Gasteiger partial charge in [0.15, 0.2) is 0 Å². The summed E-state index contributed by atoms with van der Waals surface area (Å²) in [5.41, 5.74) is 1.17. The predicted molar refractivity (Wildman–Crippen MR) is 81.4 cm³/mol. The van der Waals surface area contributed by atoms with Crippen LogP contribution in [0.2, 0.25) is 0 Å². The number of halogens is 1. The third-order valence-electron chi connectivity index (χ3n) is 3.22. The van der Waals surface area contributed by atoms with Crippen molar-refractivity contribution < 1.29 is 13.9 Å². The SMILES string of the molecule is CCn1cc(NC(=O)NC(C)c2cc(F)ccc2OC)cn1. The van der Waals surface area contributed by atoms with Crippen LogP contribution in [0.5, 0.6) is 5.75 Å². The van der Waals surface area contributed by atoms with Gasteiger partial charge in [-0.05, 0) is 32.0 Å². The van der Waals surface area contributed by atoms with Crippen LogP contribution < -0.4 is 15.4 Å². The van der Waals surface area contributed by atoms with Gasteiger partial charge in [-0.2, -0.15) is 5.10 Å². The summed E-state index contributed by atoms with van der Waals surface area (Å²) < 4.78 is 20.3. The van der Waals surface area contributed by atoms with Gasteiger partial charge in [-0.3, -0.25) is 4.68 Å². The largest absolute Gasteiger partial charge is 0.496 e. The van der Waals surface area contributed by atoms with Crippen molar-refractivity contribution in [1.82, 2.24) is 15.1 Å². The second kappa shape index (κ2) is 6.93. The van der Waals surface area contributed by atoms with Gasteiger partial charge >= 0.3 is 6.03 Å². The molecule has 0 fully saturated rings. The van der Waals surface area contributed by atoms with Gasteiger partial charge < -0.3 is 15.4 Å². The van der Waals surface area contributed by atoms with Gasteiger partial charge in [-0.25, -0.2) is 9.18 Å². The van der Waals surface area contributed by atoms with Crippen LogP contribution in [0, 0.1) is 5.82 Å². The Kier molecular flexibility index (Phi) is 4.98. The van der Waals surface area contributed by atoms with E-state index in [0.29, 0.717) is 17.0 Å². The minimum atomic E-state index is -0.410. The molecule has 2 rings (SSSR count). The van der Waals surface area contributed by atoms with Crippen molar-refractivity contribution in [1.29, 1.82) is 0 Å². The lowest BCUT2D eigenvalue weighted by Gasteiger charge is -2.17. The Bertz CT molecular complexity index is 657. The molecule has 1 unspecified atom stereocenters. The number of aryl methyl sites for hydroxylation is 1. The lowest BCUT2D eigenvalue weighted by atomic mass is 10.1. The molecule has 0 aliphatic rings. The van der Waals surface area contributed by atoms with Crippen LogP contribution in [-0.4, -0.2) is 22.9 Å². The first-order valence-electron chi connectivity index (χ1n) is 6.97. The maximum atomic E-state index is 13.4. The molecule has 2 amide bonds. The molecule has 22 heavy (non-hydrogen) atoms. The normalized spacial score (nSPS) is 11.8. The van der Waals surface area contributed by atoms with Gasteiger partial charge in [-0.15, -0.1) is 0 Å². The lowest BCUT2D eigenvalue weighted by molar-refractivity contribution is 0.249. The molecule has 1 aromatic carbocycles. The quantitative estimate of drug-likeness (QED) is 0.892. The first-order valence-corrected chi connectivity index (χ1v) is 6.97. The van der Waals surface area contributed by atoms with Crippen LogP contribution in [0.3, 0.4) is 0 Å². The van der Waals surface area contributed by atoms with E-state index in [-0.39, 0.29) is 5.82 Å². The van der Waals surface area contributed by atoms with E-state index < -0.39 is 12.1 Å². The number of nitrogens with zero attached hydrogens (tertiary/aromatic N) is 2. The molecule has 1 heterocycles. The van der Waals surface area contributed by atoms with E-state index in [9.17, 15) is 9.18 Å². The highest BCUT2D eigenvalue weighted by Crippen LogP contribution is 2.25. The van der Waals surface area contributed by atoms with Crippen molar-refractivity contribution in [3.8, 4) is 5.75 Å². The van der Waals surface area contributed by atoms with E-state index in [0.717, 1.165) is 6.54 Å². The highest BCUT2D eigenvalue weighted by molar-refractivity contribution is 5.89. The summed E-state index contributed by atoms with van der Waals surface area (Å²) in [6, 6.07) is 3.39. The zero-order chi connectivity index (χ0) is 16.1. The molecule has 0 saturated heterocycles. The zero-order valence-corrected chi connectivity index (χ0v) is 12.8. The van der Waals surface area contributed by atoms with Crippen molar-refractivity contribution in [2.75, 3.05) is 12.4 Å². The number of nitrogens with one attached hydrogen (secondary N) is 2. The van der Waals surface area contributed by atoms with Crippen molar-refractivity contribution >= 4 is 11.7 Å². The van der Waals surface area contributed by atoms with E-state index in [1.54, 1.807) is 24.0 Å². The predicted octanol–water partition coefficient (Wildman–Crippen LogP) is 2.93. The number of anilines is 1. The number of methoxy groups -OCH3 is 1. The second-order valence-corrected chi connectivity index (χ2v) is 4.79. The number of carbonyl (C=O) groups excluding carboxylic acids is 1. The average molecular weight is 306 g/mol. The van der Waals surface area contributed by atoms with E-state index in [1.165, 1.54) is 25.3 Å². The first-order chi connectivity index (χ1) is 10.5.